The maximum atomic E-state index is 12.3. The summed E-state index contributed by atoms with van der Waals surface area (Å²) in [5, 5.41) is 0. The van der Waals surface area contributed by atoms with Gasteiger partial charge in [0.15, 0.2) is 0 Å². The van der Waals surface area contributed by atoms with E-state index < -0.39 is 11.8 Å². The van der Waals surface area contributed by atoms with E-state index in [4.69, 9.17) is 9.47 Å². The molecule has 0 radical (unpaired) electrons. The summed E-state index contributed by atoms with van der Waals surface area (Å²) in [7, 11) is 0. The number of hydrogen-bond acceptors (Lipinski definition) is 6. The number of rotatable bonds is 6. The van der Waals surface area contributed by atoms with E-state index in [0.717, 1.165) is 9.80 Å². The molecule has 2 heterocycles. The van der Waals surface area contributed by atoms with Crippen LogP contribution in [0.3, 0.4) is 0 Å². The Balaban J connectivity index is 1.33. The highest BCUT2D eigenvalue weighted by Crippen LogP contribution is 2.34. The van der Waals surface area contributed by atoms with E-state index in [9.17, 15) is 19.2 Å². The smallest absolute Gasteiger partial charge is 0.260 e. The fourth-order valence-electron chi connectivity index (χ4n) is 3.99. The molecule has 36 heavy (non-hydrogen) atoms. The zero-order valence-electron chi connectivity index (χ0n) is 19.1. The van der Waals surface area contributed by atoms with E-state index in [1.165, 1.54) is 0 Å². The molecule has 8 nitrogen and oxygen atoms in total. The highest BCUT2D eigenvalue weighted by atomic mass is 16.5. The molecule has 2 saturated heterocycles. The molecular weight excluding hydrogens is 460 g/mol. The lowest BCUT2D eigenvalue weighted by molar-refractivity contribution is -0.122. The lowest BCUT2D eigenvalue weighted by Gasteiger charge is -2.16. The molecule has 0 aliphatic carbocycles. The third kappa shape index (κ3) is 4.27. The third-order valence-electron chi connectivity index (χ3n) is 5.67. The number of hydrogen-bond donors (Lipinski definition) is 0. The third-order valence-corrected chi connectivity index (χ3v) is 5.67. The van der Waals surface area contributed by atoms with Crippen molar-refractivity contribution in [1.29, 1.82) is 0 Å². The monoisotopic (exact) mass is 480 g/mol. The first-order valence-electron chi connectivity index (χ1n) is 11.1. The molecule has 0 spiro atoms. The second kappa shape index (κ2) is 8.99. The highest BCUT2D eigenvalue weighted by molar-refractivity contribution is 6.28. The van der Waals surface area contributed by atoms with E-state index in [0.29, 0.717) is 34.4 Å². The number of imide groups is 2. The van der Waals surface area contributed by atoms with E-state index in [1.54, 1.807) is 72.8 Å². The lowest BCUT2D eigenvalue weighted by atomic mass is 10.2. The quantitative estimate of drug-likeness (QED) is 0.368. The first kappa shape index (κ1) is 22.8. The number of nitrogens with zero attached hydrogens (tertiary/aromatic N) is 2. The molecule has 2 fully saturated rings. The Morgan fingerprint density at radius 1 is 0.556 bits per heavy atom. The molecule has 0 bridgehead atoms. The van der Waals surface area contributed by atoms with Gasteiger partial charge in [0.25, 0.3) is 11.8 Å². The van der Waals surface area contributed by atoms with Crippen molar-refractivity contribution in [3.05, 3.63) is 97.1 Å². The van der Waals surface area contributed by atoms with Gasteiger partial charge >= 0.3 is 0 Å². The van der Waals surface area contributed by atoms with Crippen LogP contribution in [0.2, 0.25) is 0 Å². The van der Waals surface area contributed by atoms with Gasteiger partial charge in [0.2, 0.25) is 11.8 Å². The number of benzene rings is 3. The van der Waals surface area contributed by atoms with Crippen LogP contribution in [0.1, 0.15) is 12.8 Å². The predicted octanol–water partition coefficient (Wildman–Crippen LogP) is 4.91. The molecule has 0 N–H and O–H groups in total. The van der Waals surface area contributed by atoms with E-state index in [2.05, 4.69) is 13.2 Å². The van der Waals surface area contributed by atoms with Gasteiger partial charge in [-0.15, -0.1) is 0 Å². The van der Waals surface area contributed by atoms with Gasteiger partial charge < -0.3 is 9.47 Å². The minimum absolute atomic E-state index is 0.000660. The molecule has 0 atom stereocenters. The van der Waals surface area contributed by atoms with Crippen LogP contribution in [-0.4, -0.2) is 23.6 Å². The highest BCUT2D eigenvalue weighted by Gasteiger charge is 2.34. The first-order chi connectivity index (χ1) is 17.3. The summed E-state index contributed by atoms with van der Waals surface area (Å²) in [6.45, 7) is 7.27. The Morgan fingerprint density at radius 2 is 0.917 bits per heavy atom. The molecule has 0 saturated carbocycles. The van der Waals surface area contributed by atoms with Crippen molar-refractivity contribution in [2.45, 2.75) is 12.8 Å². The molecule has 3 aromatic carbocycles. The van der Waals surface area contributed by atoms with Crippen LogP contribution in [-0.2, 0) is 19.2 Å². The molecule has 3 aromatic rings. The topological polar surface area (TPSA) is 93.2 Å². The Hall–Kier alpha value is -4.98. The Bertz CT molecular complexity index is 1370. The van der Waals surface area contributed by atoms with Gasteiger partial charge in [-0.1, -0.05) is 31.4 Å². The normalized spacial score (nSPS) is 15.8. The number of carbonyl (C=O) groups is 4. The van der Waals surface area contributed by atoms with Crippen molar-refractivity contribution in [2.24, 2.45) is 0 Å². The summed E-state index contributed by atoms with van der Waals surface area (Å²) in [6.07, 6.45) is -0.00132. The molecule has 0 unspecified atom stereocenters. The van der Waals surface area contributed by atoms with Gasteiger partial charge in [-0.2, -0.15) is 0 Å². The molecule has 4 amide bonds. The van der Waals surface area contributed by atoms with Gasteiger partial charge in [-0.3, -0.25) is 19.2 Å². The fraction of sp³-hybridized carbons (Fsp3) is 0.0714. The van der Waals surface area contributed by atoms with E-state index in [1.807, 2.05) is 0 Å². The Labute approximate surface area is 206 Å². The lowest BCUT2D eigenvalue weighted by Crippen LogP contribution is -2.28. The summed E-state index contributed by atoms with van der Waals surface area (Å²) < 4.78 is 11.9. The number of anilines is 2. The number of carbonyl (C=O) groups excluding carboxylic acids is 4. The van der Waals surface area contributed by atoms with Gasteiger partial charge in [0.05, 0.1) is 24.2 Å². The minimum atomic E-state index is -0.420. The zero-order valence-corrected chi connectivity index (χ0v) is 19.1. The number of ether oxygens (including phenoxy) is 2. The number of amides is 4. The average Bonchev–Trinajstić information content (AvgIpc) is 3.25. The zero-order chi connectivity index (χ0) is 25.4. The maximum absolute atomic E-state index is 12.3. The van der Waals surface area contributed by atoms with Gasteiger partial charge in [0, 0.05) is 29.3 Å². The van der Waals surface area contributed by atoms with Crippen LogP contribution < -0.4 is 19.3 Å². The maximum Gasteiger partial charge on any atom is 0.260 e. The van der Waals surface area contributed by atoms with E-state index >= 15 is 0 Å². The molecule has 2 aliphatic rings. The molecule has 178 valence electrons. The van der Waals surface area contributed by atoms with Crippen molar-refractivity contribution in [3.63, 3.8) is 0 Å². The van der Waals surface area contributed by atoms with Gasteiger partial charge in [-0.05, 0) is 36.4 Å². The summed E-state index contributed by atoms with van der Waals surface area (Å²) in [5.41, 5.74) is 1.31. The SMILES string of the molecule is C=C1CC(=O)N(c2cccc(Oc3cccc(Oc4cccc(N5C(=O)CC(=C)C5=O)c4)c3)c2)C1=O. The molecule has 8 heteroatoms. The van der Waals surface area contributed by atoms with Crippen molar-refractivity contribution >= 4 is 35.0 Å². The van der Waals surface area contributed by atoms with E-state index in [-0.39, 0.29) is 35.8 Å². The Morgan fingerprint density at radius 3 is 1.28 bits per heavy atom. The van der Waals surface area contributed by atoms with Gasteiger partial charge in [-0.25, -0.2) is 9.80 Å². The second-order valence-electron chi connectivity index (χ2n) is 8.30. The average molecular weight is 480 g/mol. The van der Waals surface area contributed by atoms with Crippen LogP contribution in [0.5, 0.6) is 23.0 Å². The minimum Gasteiger partial charge on any atom is -0.457 e. The summed E-state index contributed by atoms with van der Waals surface area (Å²) in [6, 6.07) is 20.2. The van der Waals surface area contributed by atoms with Crippen molar-refractivity contribution < 1.29 is 28.7 Å². The van der Waals surface area contributed by atoms with Crippen molar-refractivity contribution in [3.8, 4) is 23.0 Å². The summed E-state index contributed by atoms with van der Waals surface area (Å²) in [5.74, 6) is 0.277. The van der Waals surface area contributed by atoms with Crippen molar-refractivity contribution in [1.82, 2.24) is 0 Å². The van der Waals surface area contributed by atoms with Crippen LogP contribution in [0.25, 0.3) is 0 Å². The molecular formula is C28H20N2O6. The van der Waals surface area contributed by atoms with Crippen LogP contribution in [0.15, 0.2) is 97.1 Å². The standard InChI is InChI=1S/C28H20N2O6/c1-17-12-25(31)29(27(17)33)19-6-3-8-21(14-19)35-23-10-5-11-24(16-23)36-22-9-4-7-20(15-22)30-26(32)13-18(2)28(30)34/h3-11,14-16H,1-2,12-13H2. The summed E-state index contributed by atoms with van der Waals surface area (Å²) >= 11 is 0. The van der Waals surface area contributed by atoms with Gasteiger partial charge in [0.1, 0.15) is 23.0 Å². The molecule has 0 aromatic heterocycles. The predicted molar refractivity (Wildman–Crippen MR) is 132 cm³/mol. The largest absolute Gasteiger partial charge is 0.457 e. The van der Waals surface area contributed by atoms with Crippen LogP contribution in [0, 0.1) is 0 Å². The van der Waals surface area contributed by atoms with Crippen LogP contribution in [0.4, 0.5) is 11.4 Å². The first-order valence-corrected chi connectivity index (χ1v) is 11.1. The second-order valence-corrected chi connectivity index (χ2v) is 8.30. The molecule has 5 rings (SSSR count). The Kier molecular flexibility index (Phi) is 5.69. The van der Waals surface area contributed by atoms with Crippen LogP contribution >= 0.6 is 0 Å². The fourth-order valence-corrected chi connectivity index (χ4v) is 3.99. The molecule has 2 aliphatic heterocycles. The summed E-state index contributed by atoms with van der Waals surface area (Å²) in [4.78, 5) is 51.1. The van der Waals surface area contributed by atoms with Crippen molar-refractivity contribution in [2.75, 3.05) is 9.80 Å².